The van der Waals surface area contributed by atoms with Crippen LogP contribution in [0.5, 0.6) is 0 Å². The molecule has 2 atom stereocenters. The zero-order valence-corrected chi connectivity index (χ0v) is 10.1. The number of nitrogens with zero attached hydrogens (tertiary/aromatic N) is 2. The molecule has 1 heterocycles. The van der Waals surface area contributed by atoms with Crippen LogP contribution in [0.15, 0.2) is 0 Å². The molecule has 0 aliphatic carbocycles. The highest BCUT2D eigenvalue weighted by atomic mass is 32.1. The van der Waals surface area contributed by atoms with Crippen molar-refractivity contribution in [2.24, 2.45) is 0 Å². The number of rotatable bonds is 3. The molecule has 1 amide bonds. The summed E-state index contributed by atoms with van der Waals surface area (Å²) in [5, 5.41) is -0.169. The third kappa shape index (κ3) is 2.89. The van der Waals surface area contributed by atoms with E-state index in [1.807, 2.05) is 25.9 Å². The van der Waals surface area contributed by atoms with Gasteiger partial charge in [0.1, 0.15) is 0 Å². The Kier molecular flexibility index (Phi) is 4.26. The predicted molar refractivity (Wildman–Crippen MR) is 61.7 cm³/mol. The molecule has 0 aromatic carbocycles. The van der Waals surface area contributed by atoms with Crippen molar-refractivity contribution >= 4 is 18.5 Å². The molecule has 3 nitrogen and oxygen atoms in total. The molecule has 1 rings (SSSR count). The third-order valence-electron chi connectivity index (χ3n) is 2.59. The first-order valence-electron chi connectivity index (χ1n) is 5.15. The van der Waals surface area contributed by atoms with Crippen LogP contribution in [0.2, 0.25) is 0 Å². The highest BCUT2D eigenvalue weighted by Gasteiger charge is 2.30. The fourth-order valence-electron chi connectivity index (χ4n) is 1.98. The largest absolute Gasteiger partial charge is 0.337 e. The van der Waals surface area contributed by atoms with Crippen molar-refractivity contribution in [1.82, 2.24) is 9.80 Å². The van der Waals surface area contributed by atoms with Gasteiger partial charge < -0.3 is 9.80 Å². The number of likely N-dealkylation sites (N-methyl/N-ethyl adjacent to an activating group) is 1. The molecule has 82 valence electrons. The van der Waals surface area contributed by atoms with Crippen LogP contribution < -0.4 is 0 Å². The van der Waals surface area contributed by atoms with Gasteiger partial charge in [-0.15, -0.1) is 0 Å². The van der Waals surface area contributed by atoms with Crippen molar-refractivity contribution < 1.29 is 4.79 Å². The number of hydrogen-bond acceptors (Lipinski definition) is 3. The van der Waals surface area contributed by atoms with E-state index in [9.17, 15) is 4.79 Å². The minimum atomic E-state index is -0.169. The Morgan fingerprint density at radius 1 is 1.64 bits per heavy atom. The van der Waals surface area contributed by atoms with Gasteiger partial charge in [-0.2, -0.15) is 12.6 Å². The summed E-state index contributed by atoms with van der Waals surface area (Å²) in [4.78, 5) is 15.9. The zero-order chi connectivity index (χ0) is 10.7. The summed E-state index contributed by atoms with van der Waals surface area (Å²) < 4.78 is 0. The van der Waals surface area contributed by atoms with Crippen molar-refractivity contribution in [3.05, 3.63) is 0 Å². The molecule has 0 bridgehead atoms. The van der Waals surface area contributed by atoms with Gasteiger partial charge in [0.25, 0.3) is 0 Å². The summed E-state index contributed by atoms with van der Waals surface area (Å²) in [6.45, 7) is 3.71. The Hall–Kier alpha value is -0.220. The van der Waals surface area contributed by atoms with E-state index in [1.54, 1.807) is 0 Å². The number of likely N-dealkylation sites (tertiary alicyclic amines) is 1. The van der Waals surface area contributed by atoms with E-state index < -0.39 is 0 Å². The zero-order valence-electron chi connectivity index (χ0n) is 9.23. The molecule has 0 radical (unpaired) electrons. The van der Waals surface area contributed by atoms with Gasteiger partial charge in [-0.05, 0) is 33.9 Å². The maximum absolute atomic E-state index is 11.8. The van der Waals surface area contributed by atoms with Gasteiger partial charge in [0.2, 0.25) is 5.91 Å². The van der Waals surface area contributed by atoms with Crippen LogP contribution >= 0.6 is 12.6 Å². The molecule has 1 aliphatic heterocycles. The number of carbonyl (C=O) groups excluding carboxylic acids is 1. The first kappa shape index (κ1) is 11.9. The standard InChI is InChI=1S/C10H20N2OS/c1-8(14)10(13)12-6-4-5-9(12)7-11(2)3/h8-9,14H,4-7H2,1-3H3. The SMILES string of the molecule is CC(S)C(=O)N1CCCC1CN(C)C. The Balaban J connectivity index is 2.55. The minimum Gasteiger partial charge on any atom is -0.337 e. The summed E-state index contributed by atoms with van der Waals surface area (Å²) in [6.07, 6.45) is 2.26. The molecule has 14 heavy (non-hydrogen) atoms. The number of hydrogen-bond donors (Lipinski definition) is 1. The maximum Gasteiger partial charge on any atom is 0.235 e. The topological polar surface area (TPSA) is 23.6 Å². The van der Waals surface area contributed by atoms with E-state index in [0.29, 0.717) is 6.04 Å². The molecule has 0 saturated carbocycles. The second kappa shape index (κ2) is 5.03. The lowest BCUT2D eigenvalue weighted by Gasteiger charge is -2.28. The predicted octanol–water partition coefficient (Wildman–Crippen LogP) is 0.857. The molecular weight excluding hydrogens is 196 g/mol. The van der Waals surface area contributed by atoms with Gasteiger partial charge >= 0.3 is 0 Å². The Morgan fingerprint density at radius 2 is 2.29 bits per heavy atom. The van der Waals surface area contributed by atoms with Gasteiger partial charge in [0.05, 0.1) is 5.25 Å². The molecule has 2 unspecified atom stereocenters. The lowest BCUT2D eigenvalue weighted by molar-refractivity contribution is -0.131. The van der Waals surface area contributed by atoms with E-state index in [0.717, 1.165) is 25.9 Å². The minimum absolute atomic E-state index is 0.169. The van der Waals surface area contributed by atoms with Crippen molar-refractivity contribution in [3.63, 3.8) is 0 Å². The average Bonchev–Trinajstić information content (AvgIpc) is 2.49. The van der Waals surface area contributed by atoms with Gasteiger partial charge in [0, 0.05) is 19.1 Å². The summed E-state index contributed by atoms with van der Waals surface area (Å²) in [7, 11) is 4.09. The molecule has 0 spiro atoms. The molecule has 0 aromatic rings. The van der Waals surface area contributed by atoms with E-state index in [1.165, 1.54) is 0 Å². The smallest absolute Gasteiger partial charge is 0.235 e. The van der Waals surface area contributed by atoms with Crippen molar-refractivity contribution in [3.8, 4) is 0 Å². The highest BCUT2D eigenvalue weighted by molar-refractivity contribution is 7.81. The highest BCUT2D eigenvalue weighted by Crippen LogP contribution is 2.19. The first-order chi connectivity index (χ1) is 6.52. The molecule has 1 aliphatic rings. The number of amides is 1. The maximum atomic E-state index is 11.8. The van der Waals surface area contributed by atoms with E-state index >= 15 is 0 Å². The van der Waals surface area contributed by atoms with Crippen LogP contribution in [0.4, 0.5) is 0 Å². The Labute approximate surface area is 91.9 Å². The average molecular weight is 216 g/mol. The fraction of sp³-hybridized carbons (Fsp3) is 0.900. The summed E-state index contributed by atoms with van der Waals surface area (Å²) >= 11 is 4.19. The molecule has 0 aromatic heterocycles. The van der Waals surface area contributed by atoms with Gasteiger partial charge in [-0.3, -0.25) is 4.79 Å². The lowest BCUT2D eigenvalue weighted by atomic mass is 10.2. The van der Waals surface area contributed by atoms with E-state index in [-0.39, 0.29) is 11.2 Å². The number of thiol groups is 1. The molecule has 4 heteroatoms. The summed E-state index contributed by atoms with van der Waals surface area (Å²) in [5.74, 6) is 0.178. The quantitative estimate of drug-likeness (QED) is 0.707. The third-order valence-corrected chi connectivity index (χ3v) is 2.81. The van der Waals surface area contributed by atoms with E-state index in [4.69, 9.17) is 0 Å². The first-order valence-corrected chi connectivity index (χ1v) is 5.67. The van der Waals surface area contributed by atoms with E-state index in [2.05, 4.69) is 17.5 Å². The van der Waals surface area contributed by atoms with Crippen LogP contribution in [0.25, 0.3) is 0 Å². The molecule has 1 fully saturated rings. The second-order valence-electron chi connectivity index (χ2n) is 4.27. The van der Waals surface area contributed by atoms with Crippen LogP contribution in [-0.4, -0.2) is 54.2 Å². The number of carbonyl (C=O) groups is 1. The molecule has 0 N–H and O–H groups in total. The summed E-state index contributed by atoms with van der Waals surface area (Å²) in [5.41, 5.74) is 0. The van der Waals surface area contributed by atoms with Crippen molar-refractivity contribution in [2.75, 3.05) is 27.2 Å². The Morgan fingerprint density at radius 3 is 2.79 bits per heavy atom. The van der Waals surface area contributed by atoms with Crippen LogP contribution in [-0.2, 0) is 4.79 Å². The van der Waals surface area contributed by atoms with Crippen molar-refractivity contribution in [1.29, 1.82) is 0 Å². The van der Waals surface area contributed by atoms with Crippen molar-refractivity contribution in [2.45, 2.75) is 31.1 Å². The van der Waals surface area contributed by atoms with Crippen LogP contribution in [0.3, 0.4) is 0 Å². The summed E-state index contributed by atoms with van der Waals surface area (Å²) in [6, 6.07) is 0.395. The second-order valence-corrected chi connectivity index (χ2v) is 5.04. The van der Waals surface area contributed by atoms with Crippen LogP contribution in [0, 0.1) is 0 Å². The lowest BCUT2D eigenvalue weighted by Crippen LogP contribution is -2.43. The van der Waals surface area contributed by atoms with Crippen LogP contribution in [0.1, 0.15) is 19.8 Å². The Bertz CT molecular complexity index is 206. The molecular formula is C10H20N2OS. The molecule has 1 saturated heterocycles. The van der Waals surface area contributed by atoms with Gasteiger partial charge in [-0.25, -0.2) is 0 Å². The monoisotopic (exact) mass is 216 g/mol. The normalized spacial score (nSPS) is 24.4. The van der Waals surface area contributed by atoms with Gasteiger partial charge in [0.15, 0.2) is 0 Å². The van der Waals surface area contributed by atoms with Gasteiger partial charge in [-0.1, -0.05) is 0 Å². The fourth-order valence-corrected chi connectivity index (χ4v) is 2.13.